The van der Waals surface area contributed by atoms with Gasteiger partial charge in [0.1, 0.15) is 0 Å². The standard InChI is InChI=1S/C11H10N2/c1-2-5-10-8-9-6-3-4-7-11(9)13-12-10/h2-4,6-8H,1,5H2. The molecule has 0 atom stereocenters. The van der Waals surface area contributed by atoms with Gasteiger partial charge in [-0.2, -0.15) is 10.2 Å². The third-order valence-corrected chi connectivity index (χ3v) is 1.90. The highest BCUT2D eigenvalue weighted by atomic mass is 15.1. The van der Waals surface area contributed by atoms with E-state index in [1.54, 1.807) is 0 Å². The maximum absolute atomic E-state index is 4.10. The van der Waals surface area contributed by atoms with Crippen molar-refractivity contribution in [3.05, 3.63) is 48.7 Å². The SMILES string of the molecule is C=CCc1cc2ccccc2nn1. The third-order valence-electron chi connectivity index (χ3n) is 1.90. The minimum atomic E-state index is 0.776. The number of allylic oxidation sites excluding steroid dienone is 1. The number of rotatable bonds is 2. The van der Waals surface area contributed by atoms with Crippen molar-refractivity contribution in [2.45, 2.75) is 6.42 Å². The van der Waals surface area contributed by atoms with Crippen molar-refractivity contribution in [3.63, 3.8) is 0 Å². The normalized spacial score (nSPS) is 10.2. The number of hydrogen-bond donors (Lipinski definition) is 0. The maximum Gasteiger partial charge on any atom is 0.0929 e. The molecule has 0 saturated heterocycles. The molecule has 0 amide bonds. The molecule has 0 saturated carbocycles. The highest BCUT2D eigenvalue weighted by Gasteiger charge is 1.96. The first-order valence-electron chi connectivity index (χ1n) is 4.22. The molecule has 1 heterocycles. The molecular formula is C11H10N2. The lowest BCUT2D eigenvalue weighted by Crippen LogP contribution is -1.91. The molecule has 1 aromatic carbocycles. The van der Waals surface area contributed by atoms with Crippen LogP contribution in [0.4, 0.5) is 0 Å². The molecule has 0 bridgehead atoms. The predicted molar refractivity (Wildman–Crippen MR) is 53.4 cm³/mol. The minimum Gasteiger partial charge on any atom is -0.155 e. The number of benzene rings is 1. The van der Waals surface area contributed by atoms with Crippen LogP contribution in [0, 0.1) is 0 Å². The van der Waals surface area contributed by atoms with Crippen molar-refractivity contribution in [1.29, 1.82) is 0 Å². The Morgan fingerprint density at radius 2 is 2.08 bits per heavy atom. The first-order valence-corrected chi connectivity index (χ1v) is 4.22. The average Bonchev–Trinajstić information content (AvgIpc) is 2.18. The van der Waals surface area contributed by atoms with Crippen LogP contribution in [0.25, 0.3) is 10.9 Å². The lowest BCUT2D eigenvalue weighted by atomic mass is 10.2. The van der Waals surface area contributed by atoms with Gasteiger partial charge in [-0.25, -0.2) is 0 Å². The first-order chi connectivity index (χ1) is 6.40. The number of aromatic nitrogens is 2. The zero-order chi connectivity index (χ0) is 9.10. The molecule has 64 valence electrons. The van der Waals surface area contributed by atoms with E-state index in [-0.39, 0.29) is 0 Å². The second kappa shape index (κ2) is 3.35. The molecule has 0 radical (unpaired) electrons. The molecule has 2 rings (SSSR count). The molecule has 0 spiro atoms. The van der Waals surface area contributed by atoms with Crippen LogP contribution in [-0.4, -0.2) is 10.2 Å². The number of fused-ring (bicyclic) bond motifs is 1. The molecule has 0 aliphatic carbocycles. The van der Waals surface area contributed by atoms with E-state index in [2.05, 4.69) is 16.8 Å². The monoisotopic (exact) mass is 170 g/mol. The summed E-state index contributed by atoms with van der Waals surface area (Å²) in [5, 5.41) is 9.31. The van der Waals surface area contributed by atoms with Crippen molar-refractivity contribution in [3.8, 4) is 0 Å². The largest absolute Gasteiger partial charge is 0.155 e. The van der Waals surface area contributed by atoms with Crippen LogP contribution in [0.5, 0.6) is 0 Å². The van der Waals surface area contributed by atoms with Gasteiger partial charge in [-0.05, 0) is 12.1 Å². The second-order valence-electron chi connectivity index (χ2n) is 2.89. The Hall–Kier alpha value is -1.70. The maximum atomic E-state index is 4.10. The van der Waals surface area contributed by atoms with Crippen molar-refractivity contribution in [2.75, 3.05) is 0 Å². The molecule has 2 aromatic rings. The van der Waals surface area contributed by atoms with Gasteiger partial charge in [0.2, 0.25) is 0 Å². The van der Waals surface area contributed by atoms with E-state index in [0.717, 1.165) is 23.0 Å². The second-order valence-corrected chi connectivity index (χ2v) is 2.89. The van der Waals surface area contributed by atoms with Crippen LogP contribution in [0.3, 0.4) is 0 Å². The Kier molecular flexibility index (Phi) is 2.04. The van der Waals surface area contributed by atoms with Crippen molar-refractivity contribution >= 4 is 10.9 Å². The molecule has 2 heteroatoms. The Labute approximate surface area is 76.9 Å². The zero-order valence-corrected chi connectivity index (χ0v) is 7.27. The van der Waals surface area contributed by atoms with Crippen LogP contribution >= 0.6 is 0 Å². The van der Waals surface area contributed by atoms with E-state index in [9.17, 15) is 0 Å². The lowest BCUT2D eigenvalue weighted by molar-refractivity contribution is 0.981. The molecular weight excluding hydrogens is 160 g/mol. The molecule has 0 aliphatic rings. The Morgan fingerprint density at radius 3 is 2.92 bits per heavy atom. The van der Waals surface area contributed by atoms with Gasteiger partial charge in [-0.3, -0.25) is 0 Å². The molecule has 0 unspecified atom stereocenters. The summed E-state index contributed by atoms with van der Waals surface area (Å²) in [6.45, 7) is 3.67. The van der Waals surface area contributed by atoms with E-state index in [4.69, 9.17) is 0 Å². The summed E-state index contributed by atoms with van der Waals surface area (Å²) >= 11 is 0. The van der Waals surface area contributed by atoms with E-state index in [0.29, 0.717) is 0 Å². The smallest absolute Gasteiger partial charge is 0.0929 e. The van der Waals surface area contributed by atoms with Gasteiger partial charge in [0.05, 0.1) is 11.2 Å². The zero-order valence-electron chi connectivity index (χ0n) is 7.27. The fourth-order valence-corrected chi connectivity index (χ4v) is 1.27. The van der Waals surface area contributed by atoms with Gasteiger partial charge < -0.3 is 0 Å². The van der Waals surface area contributed by atoms with Gasteiger partial charge in [-0.15, -0.1) is 6.58 Å². The Morgan fingerprint density at radius 1 is 1.23 bits per heavy atom. The summed E-state index contributed by atoms with van der Waals surface area (Å²) in [6.07, 6.45) is 2.61. The van der Waals surface area contributed by atoms with Gasteiger partial charge in [0.25, 0.3) is 0 Å². The van der Waals surface area contributed by atoms with Crippen molar-refractivity contribution in [2.24, 2.45) is 0 Å². The fraction of sp³-hybridized carbons (Fsp3) is 0.0909. The van der Waals surface area contributed by atoms with Gasteiger partial charge in [0.15, 0.2) is 0 Å². The molecule has 2 nitrogen and oxygen atoms in total. The minimum absolute atomic E-state index is 0.776. The average molecular weight is 170 g/mol. The van der Waals surface area contributed by atoms with E-state index < -0.39 is 0 Å². The van der Waals surface area contributed by atoms with E-state index >= 15 is 0 Å². The summed E-state index contributed by atoms with van der Waals surface area (Å²) in [4.78, 5) is 0. The van der Waals surface area contributed by atoms with E-state index in [1.165, 1.54) is 0 Å². The molecule has 0 fully saturated rings. The molecule has 1 aromatic heterocycles. The summed E-state index contributed by atoms with van der Waals surface area (Å²) < 4.78 is 0. The lowest BCUT2D eigenvalue weighted by Gasteiger charge is -1.97. The number of nitrogens with zero attached hydrogens (tertiary/aromatic N) is 2. The van der Waals surface area contributed by atoms with Crippen LogP contribution < -0.4 is 0 Å². The molecule has 0 N–H and O–H groups in total. The van der Waals surface area contributed by atoms with Crippen LogP contribution in [-0.2, 0) is 6.42 Å². The highest BCUT2D eigenvalue weighted by Crippen LogP contribution is 2.10. The third kappa shape index (κ3) is 1.56. The van der Waals surface area contributed by atoms with Gasteiger partial charge in [-0.1, -0.05) is 24.3 Å². The number of hydrogen-bond acceptors (Lipinski definition) is 2. The molecule has 13 heavy (non-hydrogen) atoms. The van der Waals surface area contributed by atoms with Crippen LogP contribution in [0.15, 0.2) is 43.0 Å². The van der Waals surface area contributed by atoms with Crippen LogP contribution in [0.2, 0.25) is 0 Å². The van der Waals surface area contributed by atoms with Gasteiger partial charge in [0, 0.05) is 11.8 Å². The van der Waals surface area contributed by atoms with Crippen LogP contribution in [0.1, 0.15) is 5.69 Å². The Balaban J connectivity index is 2.55. The summed E-state index contributed by atoms with van der Waals surface area (Å²) in [6, 6.07) is 10.0. The summed E-state index contributed by atoms with van der Waals surface area (Å²) in [5.74, 6) is 0. The summed E-state index contributed by atoms with van der Waals surface area (Å²) in [7, 11) is 0. The fourth-order valence-electron chi connectivity index (χ4n) is 1.27. The molecule has 0 aliphatic heterocycles. The first kappa shape index (κ1) is 7.92. The van der Waals surface area contributed by atoms with E-state index in [1.807, 2.05) is 36.4 Å². The summed E-state index contributed by atoms with van der Waals surface area (Å²) in [5.41, 5.74) is 1.91. The van der Waals surface area contributed by atoms with Crippen molar-refractivity contribution < 1.29 is 0 Å². The topological polar surface area (TPSA) is 25.8 Å². The van der Waals surface area contributed by atoms with Crippen molar-refractivity contribution in [1.82, 2.24) is 10.2 Å². The highest BCUT2D eigenvalue weighted by molar-refractivity contribution is 5.77. The Bertz CT molecular complexity index is 435. The van der Waals surface area contributed by atoms with Gasteiger partial charge >= 0.3 is 0 Å². The quantitative estimate of drug-likeness (QED) is 0.646. The predicted octanol–water partition coefficient (Wildman–Crippen LogP) is 2.36.